The lowest BCUT2D eigenvalue weighted by molar-refractivity contribution is 1.01. The van der Waals surface area contributed by atoms with Gasteiger partial charge in [-0.3, -0.25) is 8.97 Å². The third-order valence-corrected chi connectivity index (χ3v) is 11.1. The van der Waals surface area contributed by atoms with E-state index in [1.807, 2.05) is 24.3 Å². The van der Waals surface area contributed by atoms with E-state index in [0.717, 1.165) is 77.5 Å². The molecule has 5 heterocycles. The zero-order valence-electron chi connectivity index (χ0n) is 29.5. The van der Waals surface area contributed by atoms with Crippen molar-refractivity contribution in [2.75, 3.05) is 0 Å². The Morgan fingerprint density at radius 3 is 1.80 bits per heavy atom. The van der Waals surface area contributed by atoms with Crippen molar-refractivity contribution in [3.05, 3.63) is 182 Å². The number of benzene rings is 7. The first-order chi connectivity index (χ1) is 27.3. The number of hydrogen-bond donors (Lipinski definition) is 0. The van der Waals surface area contributed by atoms with Crippen LogP contribution in [0.3, 0.4) is 0 Å². The Kier molecular flexibility index (Phi) is 6.24. The molecule has 12 aromatic rings. The number of nitrogens with zero attached hydrogens (tertiary/aromatic N) is 6. The minimum absolute atomic E-state index is 0.633. The second-order valence-corrected chi connectivity index (χ2v) is 14.1. The van der Waals surface area contributed by atoms with Gasteiger partial charge in [0.2, 0.25) is 5.95 Å². The fourth-order valence-corrected chi connectivity index (χ4v) is 8.56. The topological polar surface area (TPSA) is 52.9 Å². The lowest BCUT2D eigenvalue weighted by Crippen LogP contribution is -2.03. The molecular weight excluding hydrogens is 673 g/mol. The summed E-state index contributed by atoms with van der Waals surface area (Å²) in [5, 5.41) is 5.71. The van der Waals surface area contributed by atoms with Crippen molar-refractivity contribution < 1.29 is 0 Å². The molecule has 6 heteroatoms. The molecule has 0 bridgehead atoms. The summed E-state index contributed by atoms with van der Waals surface area (Å²) in [6, 6.07) is 62.2. The van der Waals surface area contributed by atoms with E-state index in [4.69, 9.17) is 15.0 Å². The van der Waals surface area contributed by atoms with E-state index in [1.165, 1.54) is 21.8 Å². The summed E-state index contributed by atoms with van der Waals surface area (Å²) in [5.41, 5.74) is 13.7. The Balaban J connectivity index is 1.13. The molecule has 0 saturated heterocycles. The predicted octanol–water partition coefficient (Wildman–Crippen LogP) is 12.0. The summed E-state index contributed by atoms with van der Waals surface area (Å²) in [6.07, 6.45) is 2.08. The molecule has 0 saturated carbocycles. The fraction of sp³-hybridized carbons (Fsp3) is 0. The predicted molar refractivity (Wildman–Crippen MR) is 225 cm³/mol. The van der Waals surface area contributed by atoms with Crippen LogP contribution in [0.2, 0.25) is 0 Å². The molecule has 0 aliphatic heterocycles. The third kappa shape index (κ3) is 4.46. The highest BCUT2D eigenvalue weighted by Gasteiger charge is 2.20. The molecule has 7 aromatic carbocycles. The van der Waals surface area contributed by atoms with E-state index in [0.29, 0.717) is 5.95 Å². The van der Waals surface area contributed by atoms with Crippen LogP contribution in [-0.4, -0.2) is 28.5 Å². The molecule has 0 aliphatic rings. The zero-order chi connectivity index (χ0) is 36.0. The molecule has 0 fully saturated rings. The number of para-hydroxylation sites is 3. The number of hydrogen-bond acceptors (Lipinski definition) is 3. The lowest BCUT2D eigenvalue weighted by atomic mass is 10.0. The van der Waals surface area contributed by atoms with Crippen LogP contribution in [0.1, 0.15) is 0 Å². The molecule has 0 amide bonds. The van der Waals surface area contributed by atoms with Crippen molar-refractivity contribution in [3.63, 3.8) is 0 Å². The molecule has 6 nitrogen and oxygen atoms in total. The van der Waals surface area contributed by atoms with Crippen LogP contribution in [0.4, 0.5) is 0 Å². The maximum atomic E-state index is 5.34. The molecular formula is C49H30N6. The van der Waals surface area contributed by atoms with Crippen LogP contribution in [0.5, 0.6) is 0 Å². The lowest BCUT2D eigenvalue weighted by Gasteiger charge is -2.12. The molecule has 0 radical (unpaired) electrons. The highest BCUT2D eigenvalue weighted by atomic mass is 15.2. The number of imidazole rings is 1. The van der Waals surface area contributed by atoms with Gasteiger partial charge in [0.05, 0.1) is 44.3 Å². The Hall–Kier alpha value is -7.57. The summed E-state index contributed by atoms with van der Waals surface area (Å²) >= 11 is 0. The monoisotopic (exact) mass is 702 g/mol. The van der Waals surface area contributed by atoms with Crippen molar-refractivity contribution in [1.29, 1.82) is 0 Å². The van der Waals surface area contributed by atoms with Gasteiger partial charge in [0.1, 0.15) is 5.65 Å². The van der Waals surface area contributed by atoms with Crippen LogP contribution in [0.15, 0.2) is 182 Å². The summed E-state index contributed by atoms with van der Waals surface area (Å²) in [6.45, 7) is 0. The van der Waals surface area contributed by atoms with Gasteiger partial charge in [-0.15, -0.1) is 0 Å². The van der Waals surface area contributed by atoms with E-state index in [2.05, 4.69) is 171 Å². The van der Waals surface area contributed by atoms with Crippen molar-refractivity contribution in [1.82, 2.24) is 28.5 Å². The first-order valence-electron chi connectivity index (χ1n) is 18.5. The average molecular weight is 703 g/mol. The number of rotatable bonds is 4. The quantitative estimate of drug-likeness (QED) is 0.183. The molecule has 256 valence electrons. The van der Waals surface area contributed by atoms with Gasteiger partial charge in [-0.05, 0) is 83.9 Å². The standard InChI is InChI=1S/C49H30N6/c1-3-13-31(14-4-1)48-36-18-7-9-19-40(36)51-49(52-48)55-44-25-23-33(28-38(44)39-29-41-46(30-45(39)55)53-26-12-11-21-47(53)50-41)32-22-24-43-37(27-32)35-17-8-10-20-42(35)54(43)34-15-5-2-6-16-34/h1-30H. The van der Waals surface area contributed by atoms with Crippen molar-refractivity contribution in [2.24, 2.45) is 0 Å². The summed E-state index contributed by atoms with van der Waals surface area (Å²) in [5.74, 6) is 0.633. The van der Waals surface area contributed by atoms with E-state index >= 15 is 0 Å². The van der Waals surface area contributed by atoms with Gasteiger partial charge < -0.3 is 4.57 Å². The van der Waals surface area contributed by atoms with Gasteiger partial charge in [0.25, 0.3) is 0 Å². The number of fused-ring (bicyclic) bond motifs is 10. The molecule has 0 aliphatic carbocycles. The molecule has 0 unspecified atom stereocenters. The second kappa shape index (κ2) is 11.5. The summed E-state index contributed by atoms with van der Waals surface area (Å²) in [7, 11) is 0. The highest BCUT2D eigenvalue weighted by Crippen LogP contribution is 2.40. The third-order valence-electron chi connectivity index (χ3n) is 11.1. The SMILES string of the molecule is c1ccc(-c2nc(-n3c4ccc(-c5ccc6c(c5)c5ccccc5n6-c5ccccc5)cc4c4cc5nc6ccccn6c5cc43)nc3ccccc23)cc1. The van der Waals surface area contributed by atoms with E-state index in [9.17, 15) is 0 Å². The second-order valence-electron chi connectivity index (χ2n) is 14.1. The van der Waals surface area contributed by atoms with Crippen molar-refractivity contribution in [3.8, 4) is 34.0 Å². The average Bonchev–Trinajstić information content (AvgIpc) is 3.89. The van der Waals surface area contributed by atoms with Crippen molar-refractivity contribution in [2.45, 2.75) is 0 Å². The Morgan fingerprint density at radius 2 is 0.982 bits per heavy atom. The normalized spacial score (nSPS) is 12.0. The molecule has 55 heavy (non-hydrogen) atoms. The highest BCUT2D eigenvalue weighted by molar-refractivity contribution is 6.15. The van der Waals surface area contributed by atoms with Crippen LogP contribution in [0.25, 0.3) is 105 Å². The first-order valence-corrected chi connectivity index (χ1v) is 18.5. The van der Waals surface area contributed by atoms with Crippen molar-refractivity contribution >= 4 is 71.2 Å². The molecule has 5 aromatic heterocycles. The van der Waals surface area contributed by atoms with Gasteiger partial charge in [-0.2, -0.15) is 0 Å². The van der Waals surface area contributed by atoms with E-state index in [-0.39, 0.29) is 0 Å². The maximum absolute atomic E-state index is 5.34. The minimum atomic E-state index is 0.633. The molecule has 0 N–H and O–H groups in total. The summed E-state index contributed by atoms with van der Waals surface area (Å²) in [4.78, 5) is 15.6. The van der Waals surface area contributed by atoms with Gasteiger partial charge in [0, 0.05) is 44.4 Å². The Labute approximate surface area is 314 Å². The van der Waals surface area contributed by atoms with Gasteiger partial charge in [-0.25, -0.2) is 15.0 Å². The van der Waals surface area contributed by atoms with Crippen LogP contribution in [-0.2, 0) is 0 Å². The summed E-state index contributed by atoms with van der Waals surface area (Å²) < 4.78 is 6.74. The number of aromatic nitrogens is 6. The van der Waals surface area contributed by atoms with E-state index < -0.39 is 0 Å². The first kappa shape index (κ1) is 29.9. The minimum Gasteiger partial charge on any atom is -0.309 e. The zero-order valence-corrected chi connectivity index (χ0v) is 29.5. The van der Waals surface area contributed by atoms with Gasteiger partial charge in [-0.1, -0.05) is 103 Å². The van der Waals surface area contributed by atoms with Crippen LogP contribution >= 0.6 is 0 Å². The smallest absolute Gasteiger partial charge is 0.235 e. The van der Waals surface area contributed by atoms with Gasteiger partial charge >= 0.3 is 0 Å². The molecule has 0 spiro atoms. The fourth-order valence-electron chi connectivity index (χ4n) is 8.56. The van der Waals surface area contributed by atoms with E-state index in [1.54, 1.807) is 0 Å². The largest absolute Gasteiger partial charge is 0.309 e. The van der Waals surface area contributed by atoms with Crippen LogP contribution in [0, 0.1) is 0 Å². The number of pyridine rings is 1. The molecule has 0 atom stereocenters. The van der Waals surface area contributed by atoms with Gasteiger partial charge in [0.15, 0.2) is 0 Å². The Bertz CT molecular complexity index is 3480. The van der Waals surface area contributed by atoms with Crippen LogP contribution < -0.4 is 0 Å². The Morgan fingerprint density at radius 1 is 0.345 bits per heavy atom. The molecule has 12 rings (SSSR count). The maximum Gasteiger partial charge on any atom is 0.235 e.